The molecule has 3 atom stereocenters. The average molecular weight is 820 g/mol. The van der Waals surface area contributed by atoms with Crippen LogP contribution >= 0.6 is 0 Å². The summed E-state index contributed by atoms with van der Waals surface area (Å²) in [6.07, 6.45) is 5.46. The summed E-state index contributed by atoms with van der Waals surface area (Å²) < 4.78 is 36.5. The van der Waals surface area contributed by atoms with Crippen LogP contribution in [0.3, 0.4) is 0 Å². The molecule has 0 saturated carbocycles. The van der Waals surface area contributed by atoms with E-state index in [0.29, 0.717) is 24.2 Å². The Balaban J connectivity index is 1.39. The molecule has 1 aliphatic rings. The number of aromatic nitrogens is 1. The average Bonchev–Trinajstić information content (AvgIpc) is 3.74. The van der Waals surface area contributed by atoms with Crippen molar-refractivity contribution >= 4 is 29.6 Å². The molecule has 0 radical (unpaired) electrons. The highest BCUT2D eigenvalue weighted by Crippen LogP contribution is 2.45. The molecule has 2 heterocycles. The molecule has 4 N–H and O–H groups in total. The smallest absolute Gasteiger partial charge is 0.307 e. The number of hydrogen-bond acceptors (Lipinski definition) is 8. The normalized spacial score (nSPS) is 15.5. The summed E-state index contributed by atoms with van der Waals surface area (Å²) in [6.45, 7) is 12.7. The minimum Gasteiger partial charge on any atom is -0.464 e. The van der Waals surface area contributed by atoms with Crippen LogP contribution in [0.25, 0.3) is 11.1 Å². The van der Waals surface area contributed by atoms with Gasteiger partial charge in [0.1, 0.15) is 24.8 Å². The SMILES string of the molecule is C=CCC(CC)(CC)C1CC(=O)N(CCOC(=O)CCNC(=O)[C@@H](N)CCN(C(=O)CO)[C@@H](c2cc(-c3cc(F)ccc3F)cn2Cc2ccccc2)C(C)(C)C)C1=O. The summed E-state index contributed by atoms with van der Waals surface area (Å²) in [6, 6.07) is 12.6. The highest BCUT2D eigenvalue weighted by molar-refractivity contribution is 6.04. The molecule has 12 nitrogen and oxygen atoms in total. The second kappa shape index (κ2) is 20.7. The molecule has 0 bridgehead atoms. The quantitative estimate of drug-likeness (QED) is 0.0678. The fraction of sp³-hybridized carbons (Fsp3) is 0.489. The van der Waals surface area contributed by atoms with Crippen molar-refractivity contribution in [1.29, 1.82) is 0 Å². The van der Waals surface area contributed by atoms with Gasteiger partial charge in [0, 0.05) is 49.1 Å². The third-order valence-corrected chi connectivity index (χ3v) is 11.4. The molecular weight excluding hydrogens is 761 g/mol. The molecule has 4 rings (SSSR count). The van der Waals surface area contributed by atoms with Crippen molar-refractivity contribution in [3.63, 3.8) is 0 Å². The van der Waals surface area contributed by atoms with E-state index in [-0.39, 0.29) is 68.3 Å². The number of aliphatic hydroxyl groups is 1. The third kappa shape index (κ3) is 11.5. The number of imide groups is 1. The van der Waals surface area contributed by atoms with Crippen molar-refractivity contribution < 1.29 is 42.6 Å². The van der Waals surface area contributed by atoms with E-state index >= 15 is 4.39 Å². The molecule has 1 saturated heterocycles. The second-order valence-corrected chi connectivity index (χ2v) is 16.3. The number of carbonyl (C=O) groups excluding carboxylic acids is 5. The van der Waals surface area contributed by atoms with Gasteiger partial charge in [-0.05, 0) is 66.3 Å². The lowest BCUT2D eigenvalue weighted by atomic mass is 9.68. The molecule has 2 aromatic carbocycles. The molecule has 4 amide bonds. The largest absolute Gasteiger partial charge is 0.464 e. The van der Waals surface area contributed by atoms with Gasteiger partial charge in [0.15, 0.2) is 0 Å². The van der Waals surface area contributed by atoms with Gasteiger partial charge >= 0.3 is 5.97 Å². The molecule has 0 spiro atoms. The van der Waals surface area contributed by atoms with Gasteiger partial charge in [-0.1, -0.05) is 71.0 Å². The predicted octanol–water partition coefficient (Wildman–Crippen LogP) is 5.91. The molecule has 14 heteroatoms. The minimum atomic E-state index is -1.10. The van der Waals surface area contributed by atoms with Gasteiger partial charge < -0.3 is 30.4 Å². The number of benzene rings is 2. The lowest BCUT2D eigenvalue weighted by molar-refractivity contribution is -0.149. The fourth-order valence-electron chi connectivity index (χ4n) is 8.11. The van der Waals surface area contributed by atoms with Crippen molar-refractivity contribution in [2.75, 3.05) is 32.8 Å². The maximum Gasteiger partial charge on any atom is 0.307 e. The standard InChI is InChI=1S/C45H59F2N5O7/c1-7-19-45(8-2,9-3)34-26-38(54)52(43(34)58)22-23-59-40(56)17-20-49-42(57)36(48)18-21-51(39(55)29-53)41(44(4,5)6)37-24-31(33-25-32(46)15-16-35(33)47)28-50(37)27-30-13-11-10-12-14-30/h7,10-16,24-25,28,34,36,41,53H,1,8-9,17-23,26-27,29,48H2,2-6H3,(H,49,57)/t34?,36-,41-/m0/s1. The summed E-state index contributed by atoms with van der Waals surface area (Å²) >= 11 is 0. The molecule has 1 aliphatic heterocycles. The van der Waals surface area contributed by atoms with Crippen LogP contribution in [0.2, 0.25) is 0 Å². The number of nitrogens with zero attached hydrogens (tertiary/aromatic N) is 3. The van der Waals surface area contributed by atoms with E-state index in [4.69, 9.17) is 10.5 Å². The van der Waals surface area contributed by atoms with Gasteiger partial charge in [0.25, 0.3) is 0 Å². The number of ether oxygens (including phenoxy) is 1. The van der Waals surface area contributed by atoms with Crippen molar-refractivity contribution in [2.24, 2.45) is 22.5 Å². The Morgan fingerprint density at radius 1 is 1.08 bits per heavy atom. The van der Waals surface area contributed by atoms with E-state index in [1.54, 1.807) is 18.3 Å². The number of likely N-dealkylation sites (tertiary alicyclic amines) is 1. The van der Waals surface area contributed by atoms with Crippen LogP contribution in [0.5, 0.6) is 0 Å². The fourth-order valence-corrected chi connectivity index (χ4v) is 8.11. The zero-order valence-corrected chi connectivity index (χ0v) is 34.8. The number of hydrogen-bond donors (Lipinski definition) is 3. The number of aliphatic hydroxyl groups excluding tert-OH is 1. The van der Waals surface area contributed by atoms with Crippen molar-refractivity contribution in [3.8, 4) is 11.1 Å². The summed E-state index contributed by atoms with van der Waals surface area (Å²) in [5.41, 5.74) is 7.23. The number of allylic oxidation sites excluding steroid dienone is 1. The number of nitrogens with two attached hydrogens (primary N) is 1. The van der Waals surface area contributed by atoms with Crippen LogP contribution in [0, 0.1) is 28.4 Å². The lowest BCUT2D eigenvalue weighted by Crippen LogP contribution is -2.47. The highest BCUT2D eigenvalue weighted by atomic mass is 19.1. The van der Waals surface area contributed by atoms with E-state index < -0.39 is 59.4 Å². The van der Waals surface area contributed by atoms with Gasteiger partial charge in [-0.25, -0.2) is 8.78 Å². The Morgan fingerprint density at radius 2 is 1.78 bits per heavy atom. The maximum atomic E-state index is 15.1. The molecule has 1 unspecified atom stereocenters. The Morgan fingerprint density at radius 3 is 2.41 bits per heavy atom. The summed E-state index contributed by atoms with van der Waals surface area (Å²) in [5, 5.41) is 12.7. The first-order chi connectivity index (χ1) is 28.0. The van der Waals surface area contributed by atoms with E-state index in [9.17, 15) is 33.5 Å². The maximum absolute atomic E-state index is 15.1. The number of halogens is 2. The number of esters is 1. The van der Waals surface area contributed by atoms with Crippen LogP contribution in [0.4, 0.5) is 8.78 Å². The first-order valence-electron chi connectivity index (χ1n) is 20.2. The molecule has 0 aliphatic carbocycles. The Bertz CT molecular complexity index is 1960. The number of nitrogens with one attached hydrogen (secondary N) is 1. The van der Waals surface area contributed by atoms with Crippen LogP contribution in [0.15, 0.2) is 73.4 Å². The van der Waals surface area contributed by atoms with E-state index in [1.807, 2.05) is 69.5 Å². The van der Waals surface area contributed by atoms with Crippen molar-refractivity contribution in [2.45, 2.75) is 91.8 Å². The Kier molecular flexibility index (Phi) is 16.3. The van der Waals surface area contributed by atoms with Gasteiger partial charge in [-0.3, -0.25) is 28.9 Å². The first-order valence-corrected chi connectivity index (χ1v) is 20.2. The second-order valence-electron chi connectivity index (χ2n) is 16.3. The van der Waals surface area contributed by atoms with Gasteiger partial charge in [0.2, 0.25) is 23.6 Å². The van der Waals surface area contributed by atoms with Gasteiger partial charge in [-0.2, -0.15) is 0 Å². The zero-order valence-electron chi connectivity index (χ0n) is 34.8. The number of rotatable bonds is 21. The predicted molar refractivity (Wildman–Crippen MR) is 220 cm³/mol. The Labute approximate surface area is 345 Å². The molecule has 59 heavy (non-hydrogen) atoms. The molecule has 3 aromatic rings. The topological polar surface area (TPSA) is 164 Å². The van der Waals surface area contributed by atoms with E-state index in [2.05, 4.69) is 11.9 Å². The minimum absolute atomic E-state index is 0.0115. The Hall–Kier alpha value is -5.21. The molecule has 1 aromatic heterocycles. The molecule has 1 fully saturated rings. The van der Waals surface area contributed by atoms with Crippen LogP contribution in [-0.4, -0.2) is 88.0 Å². The number of carbonyl (C=O) groups is 5. The van der Waals surface area contributed by atoms with Crippen LogP contribution in [0.1, 0.15) is 90.4 Å². The van der Waals surface area contributed by atoms with Crippen LogP contribution < -0.4 is 11.1 Å². The summed E-state index contributed by atoms with van der Waals surface area (Å²) in [4.78, 5) is 67.6. The first kappa shape index (κ1) is 46.5. The highest BCUT2D eigenvalue weighted by Gasteiger charge is 2.48. The molecular formula is C45H59F2N5O7. The lowest BCUT2D eigenvalue weighted by Gasteiger charge is -2.41. The summed E-state index contributed by atoms with van der Waals surface area (Å²) in [7, 11) is 0. The number of amides is 4. The molecule has 320 valence electrons. The van der Waals surface area contributed by atoms with Gasteiger partial charge in [-0.15, -0.1) is 6.58 Å². The van der Waals surface area contributed by atoms with E-state index in [0.717, 1.165) is 41.5 Å². The van der Waals surface area contributed by atoms with Crippen molar-refractivity contribution in [1.82, 2.24) is 19.7 Å². The van der Waals surface area contributed by atoms with Crippen LogP contribution in [-0.2, 0) is 35.3 Å². The van der Waals surface area contributed by atoms with Crippen molar-refractivity contribution in [3.05, 3.63) is 96.3 Å². The third-order valence-electron chi connectivity index (χ3n) is 11.4. The summed E-state index contributed by atoms with van der Waals surface area (Å²) in [5.74, 6) is -4.08. The van der Waals surface area contributed by atoms with Gasteiger partial charge in [0.05, 0.1) is 31.0 Å². The zero-order chi connectivity index (χ0) is 43.5. The van der Waals surface area contributed by atoms with E-state index in [1.165, 1.54) is 4.90 Å². The monoisotopic (exact) mass is 819 g/mol.